The van der Waals surface area contributed by atoms with Crippen LogP contribution in [-0.4, -0.2) is 59.3 Å². The Morgan fingerprint density at radius 2 is 2.09 bits per heavy atom. The Morgan fingerprint density at radius 3 is 2.89 bits per heavy atom. The molecule has 0 saturated carbocycles. The molecular weight excluding hydrogens is 632 g/mol. The molecule has 9 nitrogen and oxygen atoms in total. The summed E-state index contributed by atoms with van der Waals surface area (Å²) in [6, 6.07) is 7.02. The van der Waals surface area contributed by atoms with Crippen LogP contribution in [0.15, 0.2) is 12.1 Å². The van der Waals surface area contributed by atoms with E-state index in [0.717, 1.165) is 43.7 Å². The van der Waals surface area contributed by atoms with Crippen molar-refractivity contribution in [3.8, 4) is 35.0 Å². The maximum Gasteiger partial charge on any atom is 0.319 e. The number of nitrogen functional groups attached to an aromatic ring is 1. The summed E-state index contributed by atoms with van der Waals surface area (Å²) in [6.07, 6.45) is 4.33. The van der Waals surface area contributed by atoms with E-state index in [4.69, 9.17) is 31.8 Å². The Morgan fingerprint density at radius 1 is 1.24 bits per heavy atom. The fourth-order valence-corrected chi connectivity index (χ4v) is 9.53. The Bertz CT molecular complexity index is 2030. The highest BCUT2D eigenvalue weighted by Gasteiger charge is 2.48. The summed E-state index contributed by atoms with van der Waals surface area (Å²) in [6.45, 7) is 5.33. The van der Waals surface area contributed by atoms with Crippen LogP contribution in [0.3, 0.4) is 0 Å². The van der Waals surface area contributed by atoms with Crippen LogP contribution < -0.4 is 20.1 Å². The summed E-state index contributed by atoms with van der Waals surface area (Å²) in [5.41, 5.74) is 6.11. The van der Waals surface area contributed by atoms with Crippen LogP contribution in [0.25, 0.3) is 32.1 Å². The first kappa shape index (κ1) is 29.4. The summed E-state index contributed by atoms with van der Waals surface area (Å²) in [5, 5.41) is 20.3. The zero-order valence-electron chi connectivity index (χ0n) is 25.1. The average molecular weight is 662 g/mol. The molecule has 2 aromatic heterocycles. The van der Waals surface area contributed by atoms with Crippen molar-refractivity contribution < 1.29 is 18.3 Å². The molecule has 4 aliphatic rings. The molecule has 6 heterocycles. The lowest BCUT2D eigenvalue weighted by Crippen LogP contribution is -2.43. The lowest BCUT2D eigenvalue weighted by atomic mass is 9.92. The fraction of sp³-hybridized carbons (Fsp3) is 0.455. The molecule has 236 valence electrons. The van der Waals surface area contributed by atoms with E-state index in [1.807, 2.05) is 11.0 Å². The molecule has 2 aromatic carbocycles. The van der Waals surface area contributed by atoms with Crippen molar-refractivity contribution in [3.05, 3.63) is 34.4 Å². The minimum absolute atomic E-state index is 0.0304. The minimum Gasteiger partial charge on any atom is -0.491 e. The van der Waals surface area contributed by atoms with Gasteiger partial charge in [0, 0.05) is 36.5 Å². The van der Waals surface area contributed by atoms with Gasteiger partial charge < -0.3 is 20.1 Å². The SMILES string of the molecule is C[C@H]1CN2CCCC2(COc2nc3c4c(c(Cl)c(-c5ccc(F)c6sc(N)c(C#N)c56)c(F)c4n2)OCC[C@H]2C[C@H](C#N)CN32)C1. The van der Waals surface area contributed by atoms with Gasteiger partial charge in [-0.05, 0) is 49.8 Å². The van der Waals surface area contributed by atoms with Crippen molar-refractivity contribution in [1.82, 2.24) is 14.9 Å². The third kappa shape index (κ3) is 4.30. The molecule has 8 rings (SSSR count). The maximum absolute atomic E-state index is 17.1. The first-order chi connectivity index (χ1) is 22.2. The third-order valence-corrected chi connectivity index (χ3v) is 11.6. The molecule has 0 aliphatic carbocycles. The van der Waals surface area contributed by atoms with Crippen molar-refractivity contribution in [2.24, 2.45) is 11.8 Å². The summed E-state index contributed by atoms with van der Waals surface area (Å²) < 4.78 is 44.9. The Hall–Kier alpha value is -3.97. The molecule has 4 aliphatic heterocycles. The number of ether oxygens (including phenoxy) is 2. The second-order valence-corrected chi connectivity index (χ2v) is 14.4. The molecule has 2 N–H and O–H groups in total. The number of fused-ring (bicyclic) bond motifs is 4. The van der Waals surface area contributed by atoms with Gasteiger partial charge in [-0.1, -0.05) is 24.6 Å². The highest BCUT2D eigenvalue weighted by Crippen LogP contribution is 2.51. The number of hydrogen-bond donors (Lipinski definition) is 1. The Labute approximate surface area is 273 Å². The van der Waals surface area contributed by atoms with Crippen LogP contribution in [0.2, 0.25) is 5.02 Å². The van der Waals surface area contributed by atoms with Crippen molar-refractivity contribution >= 4 is 54.7 Å². The summed E-state index contributed by atoms with van der Waals surface area (Å²) in [5.74, 6) is -0.431. The highest BCUT2D eigenvalue weighted by atomic mass is 35.5. The van der Waals surface area contributed by atoms with E-state index >= 15 is 4.39 Å². The first-order valence-electron chi connectivity index (χ1n) is 15.5. The van der Waals surface area contributed by atoms with Crippen molar-refractivity contribution in [3.63, 3.8) is 0 Å². The monoisotopic (exact) mass is 661 g/mol. The normalized spacial score (nSPS) is 25.5. The second kappa shape index (κ2) is 10.8. The molecule has 3 saturated heterocycles. The average Bonchev–Trinajstić information content (AvgIpc) is 3.78. The number of hydrogen-bond acceptors (Lipinski definition) is 10. The zero-order valence-corrected chi connectivity index (χ0v) is 26.6. The summed E-state index contributed by atoms with van der Waals surface area (Å²) in [4.78, 5) is 14.0. The summed E-state index contributed by atoms with van der Waals surface area (Å²) in [7, 11) is 0. The first-order valence-corrected chi connectivity index (χ1v) is 16.7. The number of anilines is 2. The highest BCUT2D eigenvalue weighted by molar-refractivity contribution is 7.23. The lowest BCUT2D eigenvalue weighted by molar-refractivity contribution is 0.107. The lowest BCUT2D eigenvalue weighted by Gasteiger charge is -2.32. The van der Waals surface area contributed by atoms with Gasteiger partial charge in [0.2, 0.25) is 0 Å². The van der Waals surface area contributed by atoms with Gasteiger partial charge >= 0.3 is 6.01 Å². The molecule has 3 fully saturated rings. The van der Waals surface area contributed by atoms with Crippen LogP contribution >= 0.6 is 22.9 Å². The minimum atomic E-state index is -0.772. The zero-order chi connectivity index (χ0) is 31.9. The van der Waals surface area contributed by atoms with Crippen LogP contribution in [0.1, 0.15) is 44.6 Å². The second-order valence-electron chi connectivity index (χ2n) is 13.0. The predicted molar refractivity (Wildman–Crippen MR) is 172 cm³/mol. The van der Waals surface area contributed by atoms with Crippen LogP contribution in [0.4, 0.5) is 19.6 Å². The number of nitriles is 2. The van der Waals surface area contributed by atoms with Crippen LogP contribution in [-0.2, 0) is 0 Å². The Kier molecular flexibility index (Phi) is 6.91. The fourth-order valence-electron chi connectivity index (χ4n) is 8.25. The van der Waals surface area contributed by atoms with Crippen molar-refractivity contribution in [2.75, 3.05) is 43.5 Å². The van der Waals surface area contributed by atoms with Gasteiger partial charge in [0.25, 0.3) is 0 Å². The van der Waals surface area contributed by atoms with Crippen LogP contribution in [0.5, 0.6) is 11.8 Å². The largest absolute Gasteiger partial charge is 0.491 e. The van der Waals surface area contributed by atoms with Crippen molar-refractivity contribution in [2.45, 2.75) is 50.6 Å². The third-order valence-electron chi connectivity index (χ3n) is 10.2. The van der Waals surface area contributed by atoms with E-state index in [0.29, 0.717) is 43.1 Å². The molecule has 4 atom stereocenters. The molecule has 4 aromatic rings. The van der Waals surface area contributed by atoms with E-state index < -0.39 is 11.6 Å². The van der Waals surface area contributed by atoms with E-state index in [1.54, 1.807) is 0 Å². The molecule has 1 unspecified atom stereocenters. The summed E-state index contributed by atoms with van der Waals surface area (Å²) >= 11 is 7.95. The van der Waals surface area contributed by atoms with E-state index in [9.17, 15) is 14.9 Å². The van der Waals surface area contributed by atoms with E-state index in [1.165, 1.54) is 12.1 Å². The Balaban J connectivity index is 1.36. The molecule has 13 heteroatoms. The number of nitrogens with zero attached hydrogens (tertiary/aromatic N) is 6. The number of thiophene rings is 1. The van der Waals surface area contributed by atoms with Gasteiger partial charge in [-0.15, -0.1) is 11.3 Å². The standard InChI is InChI=1S/C33H30ClF2N7O2S/c1-16-10-33(6-2-7-42(33)13-16)15-45-32-40-27-24-28(44-8-5-18-9-17(11-37)14-43(18)31(24)41-32)25(34)23(26(27)36)19-3-4-21(35)29-22(19)20(12-38)30(39)46-29/h3-4,16-18H,2,5-10,13-15,39H2,1H3/t16-,17-,18+,33?/m1/s1. The quantitative estimate of drug-likeness (QED) is 0.256. The van der Waals surface area contributed by atoms with E-state index in [2.05, 4.69) is 22.9 Å². The molecule has 0 spiro atoms. The predicted octanol–water partition coefficient (Wildman–Crippen LogP) is 6.65. The van der Waals surface area contributed by atoms with Gasteiger partial charge in [-0.3, -0.25) is 4.90 Å². The number of nitrogens with two attached hydrogens (primary N) is 1. The number of halogens is 3. The van der Waals surface area contributed by atoms with Gasteiger partial charge in [0.05, 0.1) is 44.8 Å². The van der Waals surface area contributed by atoms with E-state index in [-0.39, 0.29) is 78.2 Å². The number of benzene rings is 2. The van der Waals surface area contributed by atoms with Gasteiger partial charge in [0.15, 0.2) is 11.6 Å². The molecule has 0 radical (unpaired) electrons. The molecule has 0 bridgehead atoms. The van der Waals surface area contributed by atoms with Gasteiger partial charge in [0.1, 0.15) is 34.8 Å². The van der Waals surface area contributed by atoms with Gasteiger partial charge in [-0.25, -0.2) is 8.78 Å². The van der Waals surface area contributed by atoms with Gasteiger partial charge in [-0.2, -0.15) is 20.5 Å². The number of aromatic nitrogens is 2. The van der Waals surface area contributed by atoms with Crippen molar-refractivity contribution in [1.29, 1.82) is 10.5 Å². The van der Waals surface area contributed by atoms with Crippen LogP contribution in [0, 0.1) is 46.1 Å². The topological polar surface area (TPSA) is 124 Å². The molecular formula is C33H30ClF2N7O2S. The molecule has 0 amide bonds. The maximum atomic E-state index is 17.1. The smallest absolute Gasteiger partial charge is 0.319 e. The number of rotatable bonds is 4. The molecule has 46 heavy (non-hydrogen) atoms.